The number of nitrogens with zero attached hydrogens (tertiary/aromatic N) is 1. The number of nitrogens with one attached hydrogen (secondary N) is 2. The van der Waals surface area contributed by atoms with Crippen LogP contribution < -0.4 is 14.8 Å². The largest absolute Gasteiger partial charge is 0.494 e. The smallest absolute Gasteiger partial charge is 0.232 e. The molecule has 2 aromatic carbocycles. The van der Waals surface area contributed by atoms with Gasteiger partial charge in [0.1, 0.15) is 5.75 Å². The van der Waals surface area contributed by atoms with Gasteiger partial charge in [0.15, 0.2) is 0 Å². The summed E-state index contributed by atoms with van der Waals surface area (Å²) in [6.45, 7) is 1.55. The average molecular weight is 401 g/mol. The second-order valence-corrected chi connectivity index (χ2v) is 8.44. The Labute approximate surface area is 164 Å². The van der Waals surface area contributed by atoms with E-state index < -0.39 is 10.0 Å². The maximum absolute atomic E-state index is 12.5. The Morgan fingerprint density at radius 3 is 2.64 bits per heavy atom. The number of carbonyl (C=O) groups excluding carboxylic acids is 1. The lowest BCUT2D eigenvalue weighted by molar-refractivity contribution is -0.115. The number of sulfonamides is 1. The summed E-state index contributed by atoms with van der Waals surface area (Å²) in [7, 11) is -0.0256. The van der Waals surface area contributed by atoms with Gasteiger partial charge in [-0.3, -0.25) is 9.52 Å². The van der Waals surface area contributed by atoms with E-state index in [1.807, 2.05) is 42.1 Å². The fraction of sp³-hybridized carbons (Fsp3) is 0.250. The zero-order valence-corrected chi connectivity index (χ0v) is 16.8. The first-order chi connectivity index (χ1) is 13.3. The van der Waals surface area contributed by atoms with Crippen LogP contribution in [0.25, 0.3) is 10.9 Å². The molecule has 0 radical (unpaired) electrons. The fourth-order valence-electron chi connectivity index (χ4n) is 3.04. The lowest BCUT2D eigenvalue weighted by Gasteiger charge is -2.13. The Balaban J connectivity index is 1.76. The van der Waals surface area contributed by atoms with E-state index in [2.05, 4.69) is 10.0 Å². The standard InChI is InChI=1S/C20H23N3O4S/c1-4-28(25,26)22-17-10-9-15(12-19(17)27-3)21-20(24)11-14-13-23(2)18-8-6-5-7-16(14)18/h5-10,12-13,22H,4,11H2,1-3H3,(H,21,24). The Hall–Kier alpha value is -3.00. The molecule has 0 saturated carbocycles. The normalized spacial score (nSPS) is 11.4. The summed E-state index contributed by atoms with van der Waals surface area (Å²) in [4.78, 5) is 12.5. The average Bonchev–Trinajstić information content (AvgIpc) is 2.98. The highest BCUT2D eigenvalue weighted by molar-refractivity contribution is 7.92. The maximum Gasteiger partial charge on any atom is 0.232 e. The molecule has 0 spiro atoms. The predicted octanol–water partition coefficient (Wildman–Crippen LogP) is 3.13. The molecule has 3 rings (SSSR count). The minimum absolute atomic E-state index is 0.0420. The van der Waals surface area contributed by atoms with Crippen LogP contribution in [-0.4, -0.2) is 31.8 Å². The molecule has 1 amide bonds. The van der Waals surface area contributed by atoms with E-state index in [-0.39, 0.29) is 18.1 Å². The lowest BCUT2D eigenvalue weighted by Crippen LogP contribution is -2.16. The van der Waals surface area contributed by atoms with Gasteiger partial charge in [0.05, 0.1) is 25.0 Å². The van der Waals surface area contributed by atoms with E-state index in [0.717, 1.165) is 16.5 Å². The molecule has 0 aliphatic rings. The topological polar surface area (TPSA) is 89.4 Å². The van der Waals surface area contributed by atoms with Crippen LogP contribution in [0.3, 0.4) is 0 Å². The number of rotatable bonds is 7. The number of ether oxygens (including phenoxy) is 1. The van der Waals surface area contributed by atoms with Crippen LogP contribution in [-0.2, 0) is 28.3 Å². The van der Waals surface area contributed by atoms with Crippen molar-refractivity contribution in [3.8, 4) is 5.75 Å². The van der Waals surface area contributed by atoms with Gasteiger partial charge in [-0.1, -0.05) is 18.2 Å². The molecule has 0 atom stereocenters. The Morgan fingerprint density at radius 2 is 1.93 bits per heavy atom. The number of hydrogen-bond acceptors (Lipinski definition) is 4. The molecule has 7 nitrogen and oxygen atoms in total. The van der Waals surface area contributed by atoms with Gasteiger partial charge in [-0.15, -0.1) is 0 Å². The summed E-state index contributed by atoms with van der Waals surface area (Å²) < 4.78 is 33.3. The molecule has 0 aliphatic carbocycles. The van der Waals surface area contributed by atoms with Gasteiger partial charge in [-0.05, 0) is 30.7 Å². The quantitative estimate of drug-likeness (QED) is 0.637. The first kappa shape index (κ1) is 19.8. The monoisotopic (exact) mass is 401 g/mol. The predicted molar refractivity (Wildman–Crippen MR) is 111 cm³/mol. The van der Waals surface area contributed by atoms with E-state index in [1.165, 1.54) is 7.11 Å². The highest BCUT2D eigenvalue weighted by Gasteiger charge is 2.14. The molecule has 28 heavy (non-hydrogen) atoms. The maximum atomic E-state index is 12.5. The summed E-state index contributed by atoms with van der Waals surface area (Å²) in [5, 5.41) is 3.88. The van der Waals surface area contributed by atoms with Crippen LogP contribution in [0.5, 0.6) is 5.75 Å². The number of aromatic nitrogens is 1. The van der Waals surface area contributed by atoms with Gasteiger partial charge in [0.2, 0.25) is 15.9 Å². The number of amides is 1. The van der Waals surface area contributed by atoms with Crippen LogP contribution in [0, 0.1) is 0 Å². The molecule has 0 bridgehead atoms. The third kappa shape index (κ3) is 4.28. The third-order valence-electron chi connectivity index (χ3n) is 4.46. The molecule has 0 unspecified atom stereocenters. The van der Waals surface area contributed by atoms with Crippen molar-refractivity contribution in [2.75, 3.05) is 22.9 Å². The van der Waals surface area contributed by atoms with E-state index in [9.17, 15) is 13.2 Å². The van der Waals surface area contributed by atoms with Crippen molar-refractivity contribution in [3.63, 3.8) is 0 Å². The van der Waals surface area contributed by atoms with E-state index >= 15 is 0 Å². The van der Waals surface area contributed by atoms with Crippen LogP contribution in [0.4, 0.5) is 11.4 Å². The van der Waals surface area contributed by atoms with Gasteiger partial charge in [0.25, 0.3) is 0 Å². The van der Waals surface area contributed by atoms with Crippen molar-refractivity contribution in [1.29, 1.82) is 0 Å². The Kier molecular flexibility index (Phi) is 5.60. The van der Waals surface area contributed by atoms with E-state index in [0.29, 0.717) is 17.1 Å². The molecule has 0 saturated heterocycles. The number of hydrogen-bond donors (Lipinski definition) is 2. The highest BCUT2D eigenvalue weighted by atomic mass is 32.2. The summed E-state index contributed by atoms with van der Waals surface area (Å²) in [6, 6.07) is 12.7. The molecule has 0 aliphatic heterocycles. The number of carbonyl (C=O) groups is 1. The molecule has 1 aromatic heterocycles. The van der Waals surface area contributed by atoms with Gasteiger partial charge in [-0.2, -0.15) is 0 Å². The number of anilines is 2. The number of aryl methyl sites for hydroxylation is 1. The number of para-hydroxylation sites is 1. The first-order valence-corrected chi connectivity index (χ1v) is 10.5. The zero-order chi connectivity index (χ0) is 20.3. The van der Waals surface area contributed by atoms with E-state index in [1.54, 1.807) is 25.1 Å². The van der Waals surface area contributed by atoms with Crippen LogP contribution >= 0.6 is 0 Å². The van der Waals surface area contributed by atoms with Crippen LogP contribution in [0.2, 0.25) is 0 Å². The molecule has 2 N–H and O–H groups in total. The lowest BCUT2D eigenvalue weighted by atomic mass is 10.1. The van der Waals surface area contributed by atoms with Gasteiger partial charge >= 0.3 is 0 Å². The number of methoxy groups -OCH3 is 1. The fourth-order valence-corrected chi connectivity index (χ4v) is 3.69. The van der Waals surface area contributed by atoms with Gasteiger partial charge in [-0.25, -0.2) is 8.42 Å². The van der Waals surface area contributed by atoms with Crippen molar-refractivity contribution >= 4 is 38.2 Å². The second-order valence-electron chi connectivity index (χ2n) is 6.43. The molecular weight excluding hydrogens is 378 g/mol. The zero-order valence-electron chi connectivity index (χ0n) is 16.0. The molecule has 0 fully saturated rings. The summed E-state index contributed by atoms with van der Waals surface area (Å²) in [5.74, 6) is 0.125. The van der Waals surface area contributed by atoms with E-state index in [4.69, 9.17) is 4.74 Å². The summed E-state index contributed by atoms with van der Waals surface area (Å²) in [6.07, 6.45) is 2.18. The number of benzene rings is 2. The third-order valence-corrected chi connectivity index (χ3v) is 5.75. The van der Waals surface area contributed by atoms with Crippen molar-refractivity contribution < 1.29 is 17.9 Å². The Bertz CT molecular complexity index is 1120. The summed E-state index contributed by atoms with van der Waals surface area (Å²) >= 11 is 0. The molecule has 8 heteroatoms. The highest BCUT2D eigenvalue weighted by Crippen LogP contribution is 2.29. The van der Waals surface area contributed by atoms with Crippen LogP contribution in [0.15, 0.2) is 48.7 Å². The van der Waals surface area contributed by atoms with Crippen molar-refractivity contribution in [3.05, 3.63) is 54.2 Å². The Morgan fingerprint density at radius 1 is 1.18 bits per heavy atom. The summed E-state index contributed by atoms with van der Waals surface area (Å²) in [5.41, 5.74) is 2.87. The van der Waals surface area contributed by atoms with Crippen molar-refractivity contribution in [1.82, 2.24) is 4.57 Å². The molecular formula is C20H23N3O4S. The minimum atomic E-state index is -3.42. The first-order valence-electron chi connectivity index (χ1n) is 8.84. The SMILES string of the molecule is CCS(=O)(=O)Nc1ccc(NC(=O)Cc2cn(C)c3ccccc23)cc1OC. The minimum Gasteiger partial charge on any atom is -0.494 e. The molecule has 3 aromatic rings. The van der Waals surface area contributed by atoms with Gasteiger partial charge in [0, 0.05) is 35.9 Å². The van der Waals surface area contributed by atoms with Gasteiger partial charge < -0.3 is 14.6 Å². The van der Waals surface area contributed by atoms with Crippen LogP contribution in [0.1, 0.15) is 12.5 Å². The second kappa shape index (κ2) is 7.93. The molecule has 1 heterocycles. The number of fused-ring (bicyclic) bond motifs is 1. The van der Waals surface area contributed by atoms with Crippen molar-refractivity contribution in [2.45, 2.75) is 13.3 Å². The molecule has 148 valence electrons. The van der Waals surface area contributed by atoms with Crippen molar-refractivity contribution in [2.24, 2.45) is 7.05 Å².